The van der Waals surface area contributed by atoms with E-state index in [4.69, 9.17) is 4.74 Å². The molecule has 30 heavy (non-hydrogen) atoms. The average Bonchev–Trinajstić information content (AvgIpc) is 3.51. The summed E-state index contributed by atoms with van der Waals surface area (Å²) in [5, 5.41) is 6.66. The molecule has 0 bridgehead atoms. The molecule has 0 unspecified atom stereocenters. The normalized spacial score (nSPS) is 18.3. The fourth-order valence-electron chi connectivity index (χ4n) is 3.46. The summed E-state index contributed by atoms with van der Waals surface area (Å²) in [4.78, 5) is 20.2. The molecule has 0 atom stereocenters. The molecule has 1 amide bonds. The number of rotatable bonds is 8. The third-order valence-electron chi connectivity index (χ3n) is 5.59. The van der Waals surface area contributed by atoms with Crippen LogP contribution in [0.15, 0.2) is 29.3 Å². The Hall–Kier alpha value is -1.46. The molecule has 168 valence electrons. The van der Waals surface area contributed by atoms with E-state index in [1.165, 1.54) is 11.0 Å². The molecule has 1 aliphatic carbocycles. The van der Waals surface area contributed by atoms with Crippen LogP contribution in [-0.4, -0.2) is 88.2 Å². The van der Waals surface area contributed by atoms with E-state index in [2.05, 4.69) is 20.5 Å². The second-order valence-corrected chi connectivity index (χ2v) is 7.95. The predicted molar refractivity (Wildman–Crippen MR) is 127 cm³/mol. The fraction of sp³-hybridized carbons (Fsp3) is 0.619. The SMILES string of the molecule is CN(C)C(=O)CN=C(NCCN1CCOCC1)NCC1(c2ccccc2F)CC1.I. The van der Waals surface area contributed by atoms with E-state index in [9.17, 15) is 9.18 Å². The Morgan fingerprint density at radius 2 is 1.93 bits per heavy atom. The number of ether oxygens (including phenoxy) is 1. The van der Waals surface area contributed by atoms with Gasteiger partial charge in [0.05, 0.1) is 13.2 Å². The van der Waals surface area contributed by atoms with Gasteiger partial charge in [-0.1, -0.05) is 18.2 Å². The summed E-state index contributed by atoms with van der Waals surface area (Å²) < 4.78 is 19.6. The van der Waals surface area contributed by atoms with Crippen molar-refractivity contribution in [1.82, 2.24) is 20.4 Å². The lowest BCUT2D eigenvalue weighted by Gasteiger charge is -2.27. The Kier molecular flexibility index (Phi) is 9.76. The number of morpholine rings is 1. The number of aliphatic imine (C=N–C) groups is 1. The summed E-state index contributed by atoms with van der Waals surface area (Å²) in [6.07, 6.45) is 1.89. The zero-order chi connectivity index (χ0) is 20.7. The van der Waals surface area contributed by atoms with Crippen LogP contribution in [0.2, 0.25) is 0 Å². The van der Waals surface area contributed by atoms with Gasteiger partial charge in [0.15, 0.2) is 5.96 Å². The standard InChI is InChI=1S/C21H32FN5O2.HI/c1-26(2)19(28)15-24-20(23-9-10-27-11-13-29-14-12-27)25-16-21(7-8-21)17-5-3-4-6-18(17)22;/h3-6H,7-16H2,1-2H3,(H2,23,24,25);1H. The van der Waals surface area contributed by atoms with Gasteiger partial charge in [-0.25, -0.2) is 9.38 Å². The highest BCUT2D eigenvalue weighted by Gasteiger charge is 2.45. The minimum atomic E-state index is -0.191. The number of hydrogen-bond acceptors (Lipinski definition) is 4. The van der Waals surface area contributed by atoms with Crippen molar-refractivity contribution in [2.45, 2.75) is 18.3 Å². The first kappa shape index (κ1) is 24.8. The number of carbonyl (C=O) groups is 1. The van der Waals surface area contributed by atoms with Gasteiger partial charge in [-0.05, 0) is 24.5 Å². The molecule has 1 aromatic rings. The lowest BCUT2D eigenvalue weighted by Crippen LogP contribution is -2.46. The van der Waals surface area contributed by atoms with Crippen LogP contribution in [0.5, 0.6) is 0 Å². The van der Waals surface area contributed by atoms with Crippen LogP contribution in [0.25, 0.3) is 0 Å². The van der Waals surface area contributed by atoms with Gasteiger partial charge in [-0.2, -0.15) is 0 Å². The largest absolute Gasteiger partial charge is 0.379 e. The molecule has 2 aliphatic rings. The molecule has 2 fully saturated rings. The van der Waals surface area contributed by atoms with Crippen LogP contribution in [0.3, 0.4) is 0 Å². The highest BCUT2D eigenvalue weighted by Crippen LogP contribution is 2.48. The van der Waals surface area contributed by atoms with Crippen LogP contribution < -0.4 is 10.6 Å². The van der Waals surface area contributed by atoms with Gasteiger partial charge in [0.2, 0.25) is 5.91 Å². The number of halogens is 2. The van der Waals surface area contributed by atoms with E-state index in [0.717, 1.165) is 51.3 Å². The van der Waals surface area contributed by atoms with Crippen molar-refractivity contribution < 1.29 is 13.9 Å². The predicted octanol–water partition coefficient (Wildman–Crippen LogP) is 1.43. The molecule has 1 aliphatic heterocycles. The Balaban J connectivity index is 0.00000320. The number of nitrogens with one attached hydrogen (secondary N) is 2. The van der Waals surface area contributed by atoms with E-state index in [-0.39, 0.29) is 47.7 Å². The minimum Gasteiger partial charge on any atom is -0.379 e. The fourth-order valence-corrected chi connectivity index (χ4v) is 3.46. The first-order chi connectivity index (χ1) is 14.0. The van der Waals surface area contributed by atoms with Gasteiger partial charge in [0.25, 0.3) is 0 Å². The van der Waals surface area contributed by atoms with Crippen molar-refractivity contribution in [3.63, 3.8) is 0 Å². The first-order valence-corrected chi connectivity index (χ1v) is 10.3. The van der Waals surface area contributed by atoms with Crippen molar-refractivity contribution in [3.05, 3.63) is 35.6 Å². The molecule has 0 radical (unpaired) electrons. The Labute approximate surface area is 195 Å². The van der Waals surface area contributed by atoms with E-state index in [1.807, 2.05) is 12.1 Å². The molecular formula is C21H33FIN5O2. The van der Waals surface area contributed by atoms with Gasteiger partial charge in [0, 0.05) is 52.2 Å². The number of amides is 1. The number of guanidine groups is 1. The van der Waals surface area contributed by atoms with E-state index in [0.29, 0.717) is 19.0 Å². The number of hydrogen-bond donors (Lipinski definition) is 2. The van der Waals surface area contributed by atoms with Gasteiger partial charge < -0.3 is 20.3 Å². The lowest BCUT2D eigenvalue weighted by molar-refractivity contribution is -0.127. The monoisotopic (exact) mass is 533 g/mol. The van der Waals surface area contributed by atoms with Gasteiger partial charge in [-0.3, -0.25) is 9.69 Å². The summed E-state index contributed by atoms with van der Waals surface area (Å²) in [5.74, 6) is 0.374. The summed E-state index contributed by atoms with van der Waals surface area (Å²) in [6, 6.07) is 6.97. The summed E-state index contributed by atoms with van der Waals surface area (Å²) in [7, 11) is 3.43. The number of carbonyl (C=O) groups excluding carboxylic acids is 1. The third-order valence-corrected chi connectivity index (χ3v) is 5.59. The van der Waals surface area contributed by atoms with Gasteiger partial charge >= 0.3 is 0 Å². The Morgan fingerprint density at radius 1 is 1.23 bits per heavy atom. The summed E-state index contributed by atoms with van der Waals surface area (Å²) in [5.41, 5.74) is 0.563. The molecule has 7 nitrogen and oxygen atoms in total. The van der Waals surface area contributed by atoms with Crippen LogP contribution in [0, 0.1) is 5.82 Å². The van der Waals surface area contributed by atoms with E-state index < -0.39 is 0 Å². The first-order valence-electron chi connectivity index (χ1n) is 10.3. The maximum absolute atomic E-state index is 14.3. The van der Waals surface area contributed by atoms with Crippen LogP contribution in [0.1, 0.15) is 18.4 Å². The number of benzene rings is 1. The second-order valence-electron chi connectivity index (χ2n) is 7.95. The van der Waals surface area contributed by atoms with E-state index in [1.54, 1.807) is 20.2 Å². The van der Waals surface area contributed by atoms with Gasteiger partial charge in [-0.15, -0.1) is 24.0 Å². The van der Waals surface area contributed by atoms with Crippen LogP contribution in [0.4, 0.5) is 4.39 Å². The van der Waals surface area contributed by atoms with Crippen molar-refractivity contribution in [1.29, 1.82) is 0 Å². The zero-order valence-corrected chi connectivity index (χ0v) is 20.2. The Bertz CT molecular complexity index is 721. The second kappa shape index (κ2) is 11.8. The Morgan fingerprint density at radius 3 is 2.57 bits per heavy atom. The maximum Gasteiger partial charge on any atom is 0.243 e. The smallest absolute Gasteiger partial charge is 0.243 e. The van der Waals surface area contributed by atoms with Crippen molar-refractivity contribution in [2.75, 3.05) is 66.6 Å². The molecule has 3 rings (SSSR count). The van der Waals surface area contributed by atoms with Crippen molar-refractivity contribution in [2.24, 2.45) is 4.99 Å². The maximum atomic E-state index is 14.3. The highest BCUT2D eigenvalue weighted by molar-refractivity contribution is 14.0. The van der Waals surface area contributed by atoms with Crippen molar-refractivity contribution >= 4 is 35.8 Å². The molecule has 1 aromatic carbocycles. The summed E-state index contributed by atoms with van der Waals surface area (Å²) in [6.45, 7) is 5.65. The minimum absolute atomic E-state index is 0. The molecule has 1 saturated heterocycles. The molecule has 1 heterocycles. The van der Waals surface area contributed by atoms with Crippen LogP contribution >= 0.6 is 24.0 Å². The molecule has 0 spiro atoms. The van der Waals surface area contributed by atoms with Gasteiger partial charge in [0.1, 0.15) is 12.4 Å². The van der Waals surface area contributed by atoms with Crippen LogP contribution in [-0.2, 0) is 14.9 Å². The quantitative estimate of drug-likeness (QED) is 0.301. The molecule has 0 aromatic heterocycles. The number of likely N-dealkylation sites (N-methyl/N-ethyl adjacent to an activating group) is 1. The lowest BCUT2D eigenvalue weighted by atomic mass is 9.95. The topological polar surface area (TPSA) is 69.2 Å². The molecule has 2 N–H and O–H groups in total. The molecule has 9 heteroatoms. The average molecular weight is 533 g/mol. The highest BCUT2D eigenvalue weighted by atomic mass is 127. The van der Waals surface area contributed by atoms with E-state index >= 15 is 0 Å². The molecular weight excluding hydrogens is 500 g/mol. The zero-order valence-electron chi connectivity index (χ0n) is 17.8. The third kappa shape index (κ3) is 7.05. The molecule has 1 saturated carbocycles. The number of nitrogens with zero attached hydrogens (tertiary/aromatic N) is 3. The van der Waals surface area contributed by atoms with Crippen molar-refractivity contribution in [3.8, 4) is 0 Å². The summed E-state index contributed by atoms with van der Waals surface area (Å²) >= 11 is 0.